The van der Waals surface area contributed by atoms with Gasteiger partial charge in [0.15, 0.2) is 6.26 Å². The molecule has 0 bridgehead atoms. The van der Waals surface area contributed by atoms with Crippen molar-refractivity contribution in [2.24, 2.45) is 0 Å². The molecule has 1 atom stereocenters. The van der Waals surface area contributed by atoms with Crippen LogP contribution in [0, 0.1) is 0 Å². The molecule has 10 heteroatoms. The number of nitrogens with zero attached hydrogens (tertiary/aromatic N) is 1. The number of likely N-dealkylation sites (N-methyl/N-ethyl adjacent to an activating group) is 1. The minimum atomic E-state index is -4.41. The summed E-state index contributed by atoms with van der Waals surface area (Å²) in [6.45, 7) is 8.08. The van der Waals surface area contributed by atoms with Crippen molar-refractivity contribution < 1.29 is 35.8 Å². The van der Waals surface area contributed by atoms with E-state index >= 15 is 0 Å². The highest BCUT2D eigenvalue weighted by Crippen LogP contribution is 2.31. The summed E-state index contributed by atoms with van der Waals surface area (Å²) in [5.41, 5.74) is 7.38. The van der Waals surface area contributed by atoms with E-state index in [2.05, 4.69) is 25.1 Å². The normalized spacial score (nSPS) is 16.5. The highest BCUT2D eigenvalue weighted by Gasteiger charge is 2.25. The minimum Gasteiger partial charge on any atom is -0.726 e. The Morgan fingerprint density at radius 3 is 2.37 bits per heavy atom. The number of quaternary nitrogens is 1. The Labute approximate surface area is 160 Å². The highest BCUT2D eigenvalue weighted by atomic mass is 32.3. The van der Waals surface area contributed by atoms with Gasteiger partial charge in [0.2, 0.25) is 10.4 Å². The van der Waals surface area contributed by atoms with Gasteiger partial charge in [0.25, 0.3) is 6.29 Å². The molecule has 1 aliphatic heterocycles. The Bertz CT molecular complexity index is 718. The first kappa shape index (κ1) is 23.0. The monoisotopic (exact) mass is 404 g/mol. The second-order valence-corrected chi connectivity index (χ2v) is 7.20. The summed E-state index contributed by atoms with van der Waals surface area (Å²) in [5, 5.41) is 0. The molecule has 27 heavy (non-hydrogen) atoms. The molecule has 0 saturated heterocycles. The van der Waals surface area contributed by atoms with Gasteiger partial charge in [0.1, 0.15) is 13.2 Å². The molecule has 0 saturated carbocycles. The van der Waals surface area contributed by atoms with E-state index in [1.807, 2.05) is 24.3 Å². The first-order valence-corrected chi connectivity index (χ1v) is 9.82. The second-order valence-electron chi connectivity index (χ2n) is 6.05. The Balaban J connectivity index is 0.000000527. The van der Waals surface area contributed by atoms with Crippen LogP contribution in [-0.4, -0.2) is 57.9 Å². The van der Waals surface area contributed by atoms with Crippen LogP contribution in [-0.2, 0) is 28.8 Å². The molecular weight excluding hydrogens is 376 g/mol. The van der Waals surface area contributed by atoms with Gasteiger partial charge in [-0.3, -0.25) is 4.18 Å². The third-order valence-corrected chi connectivity index (χ3v) is 4.78. The molecule has 1 aromatic carbocycles. The van der Waals surface area contributed by atoms with Gasteiger partial charge in [-0.1, -0.05) is 12.1 Å². The lowest BCUT2D eigenvalue weighted by Crippen LogP contribution is -2.45. The first-order valence-electron chi connectivity index (χ1n) is 8.48. The zero-order chi connectivity index (χ0) is 20.5. The number of nitrogen functional groups attached to an aromatic ring is 1. The minimum absolute atomic E-state index is 0.419. The number of hydrogen-bond donors (Lipinski definition) is 1. The zero-order valence-corrected chi connectivity index (χ0v) is 16.9. The van der Waals surface area contributed by atoms with E-state index < -0.39 is 16.7 Å². The average molecular weight is 404 g/mol. The largest absolute Gasteiger partial charge is 0.726 e. The topological polar surface area (TPSA) is 120 Å². The Hall–Kier alpha value is -2.01. The maximum Gasteiger partial charge on any atom is 0.319 e. The zero-order valence-electron chi connectivity index (χ0n) is 16.1. The number of hydrogen-bond acceptors (Lipinski definition) is 8. The van der Waals surface area contributed by atoms with E-state index in [1.165, 1.54) is 6.26 Å². The summed E-state index contributed by atoms with van der Waals surface area (Å²) < 4.78 is 48.8. The number of benzene rings is 1. The first-order chi connectivity index (χ1) is 12.6. The molecule has 0 amide bonds. The van der Waals surface area contributed by atoms with Gasteiger partial charge < -0.3 is 29.0 Å². The van der Waals surface area contributed by atoms with E-state index in [0.29, 0.717) is 18.2 Å². The molecule has 0 aromatic heterocycles. The van der Waals surface area contributed by atoms with Crippen LogP contribution in [0.2, 0.25) is 0 Å². The van der Waals surface area contributed by atoms with E-state index in [4.69, 9.17) is 19.9 Å². The lowest BCUT2D eigenvalue weighted by molar-refractivity contribution is -0.906. The molecule has 154 valence electrons. The van der Waals surface area contributed by atoms with E-state index in [0.717, 1.165) is 36.8 Å². The van der Waals surface area contributed by atoms with Crippen LogP contribution in [0.1, 0.15) is 25.7 Å². The number of nitrogens with two attached hydrogens (primary N) is 1. The van der Waals surface area contributed by atoms with Gasteiger partial charge >= 0.3 is 5.95 Å². The quantitative estimate of drug-likeness (QED) is 0.301. The standard InChI is InChI=1S/C16H25N2O3.CH4O4S/c1-4-18(3,5-2)10-11-19-15-12-20-16(21-15)13-8-6-7-9-14(13)17;1-5-6(2,3)4/h6-9,12,16H,4-5,10-11,17H2,1-3H3;1H3,(H,2,3,4)/q+1;/p-1. The van der Waals surface area contributed by atoms with Gasteiger partial charge in [-0.25, -0.2) is 8.42 Å². The third kappa shape index (κ3) is 8.04. The number of rotatable bonds is 8. The fraction of sp³-hybridized carbons (Fsp3) is 0.529. The average Bonchev–Trinajstić information content (AvgIpc) is 3.10. The van der Waals surface area contributed by atoms with Gasteiger partial charge in [-0.2, -0.15) is 0 Å². The van der Waals surface area contributed by atoms with Crippen molar-refractivity contribution in [2.45, 2.75) is 20.1 Å². The van der Waals surface area contributed by atoms with E-state index in [9.17, 15) is 13.0 Å². The second kappa shape index (κ2) is 10.4. The number of ether oxygens (including phenoxy) is 3. The van der Waals surface area contributed by atoms with Crippen LogP contribution in [0.15, 0.2) is 36.5 Å². The predicted octanol–water partition coefficient (Wildman–Crippen LogP) is 1.71. The fourth-order valence-corrected chi connectivity index (χ4v) is 2.12. The van der Waals surface area contributed by atoms with Gasteiger partial charge in [-0.15, -0.1) is 0 Å². The lowest BCUT2D eigenvalue weighted by atomic mass is 10.2. The molecule has 1 aromatic rings. The summed E-state index contributed by atoms with van der Waals surface area (Å²) in [6.07, 6.45) is 0.999. The van der Waals surface area contributed by atoms with Crippen molar-refractivity contribution in [2.75, 3.05) is 46.1 Å². The van der Waals surface area contributed by atoms with Crippen molar-refractivity contribution in [3.8, 4) is 0 Å². The van der Waals surface area contributed by atoms with Crippen LogP contribution in [0.5, 0.6) is 0 Å². The molecule has 0 spiro atoms. The molecule has 1 heterocycles. The van der Waals surface area contributed by atoms with Crippen molar-refractivity contribution in [3.05, 3.63) is 42.0 Å². The summed E-state index contributed by atoms with van der Waals surface area (Å²) in [7, 11) is -1.38. The lowest BCUT2D eigenvalue weighted by Gasteiger charge is -2.31. The maximum atomic E-state index is 9.22. The van der Waals surface area contributed by atoms with Crippen molar-refractivity contribution in [3.63, 3.8) is 0 Å². The molecule has 2 N–H and O–H groups in total. The van der Waals surface area contributed by atoms with Crippen LogP contribution >= 0.6 is 0 Å². The maximum absolute atomic E-state index is 9.22. The van der Waals surface area contributed by atoms with Crippen LogP contribution in [0.4, 0.5) is 5.69 Å². The van der Waals surface area contributed by atoms with Crippen molar-refractivity contribution >= 4 is 16.1 Å². The van der Waals surface area contributed by atoms with Crippen LogP contribution in [0.25, 0.3) is 0 Å². The van der Waals surface area contributed by atoms with Crippen LogP contribution < -0.4 is 5.73 Å². The van der Waals surface area contributed by atoms with E-state index in [-0.39, 0.29) is 0 Å². The molecule has 2 rings (SSSR count). The van der Waals surface area contributed by atoms with Gasteiger partial charge in [0.05, 0.1) is 32.8 Å². The van der Waals surface area contributed by atoms with E-state index in [1.54, 1.807) is 0 Å². The fourth-order valence-electron chi connectivity index (χ4n) is 2.12. The smallest absolute Gasteiger partial charge is 0.319 e. The molecule has 0 aliphatic carbocycles. The SMILES string of the molecule is CC[N+](C)(CC)CCOC1=COC(c2ccccc2N)O1.COS(=O)(=O)[O-]. The van der Waals surface area contributed by atoms with Crippen LogP contribution in [0.3, 0.4) is 0 Å². The molecule has 0 radical (unpaired) electrons. The van der Waals surface area contributed by atoms with Gasteiger partial charge in [0, 0.05) is 5.69 Å². The Morgan fingerprint density at radius 2 is 1.85 bits per heavy atom. The Kier molecular flexibility index (Phi) is 8.83. The molecule has 0 fully saturated rings. The molecule has 1 aliphatic rings. The summed E-state index contributed by atoms with van der Waals surface area (Å²) in [4.78, 5) is 0. The molecule has 9 nitrogen and oxygen atoms in total. The number of para-hydroxylation sites is 1. The molecular formula is C17H28N2O7S. The predicted molar refractivity (Wildman–Crippen MR) is 98.6 cm³/mol. The number of anilines is 1. The third-order valence-electron chi connectivity index (χ3n) is 4.37. The molecule has 1 unspecified atom stereocenters. The Morgan fingerprint density at radius 1 is 1.26 bits per heavy atom. The summed E-state index contributed by atoms with van der Waals surface area (Å²) in [5.74, 6) is 0.419. The summed E-state index contributed by atoms with van der Waals surface area (Å²) in [6, 6.07) is 7.50. The van der Waals surface area contributed by atoms with Crippen molar-refractivity contribution in [1.29, 1.82) is 0 Å². The summed E-state index contributed by atoms with van der Waals surface area (Å²) >= 11 is 0. The highest BCUT2D eigenvalue weighted by molar-refractivity contribution is 7.80. The van der Waals surface area contributed by atoms with Crippen molar-refractivity contribution in [1.82, 2.24) is 0 Å². The van der Waals surface area contributed by atoms with Gasteiger partial charge in [-0.05, 0) is 26.0 Å².